The number of hydrogen-bond acceptors (Lipinski definition) is 3. The fourth-order valence-corrected chi connectivity index (χ4v) is 3.35. The van der Waals surface area contributed by atoms with Crippen molar-refractivity contribution in [3.8, 4) is 0 Å². The third-order valence-electron chi connectivity index (χ3n) is 4.44. The standard InChI is InChI=1S/C14H19N3O2.ClH/c18-17(19)13-5-3-12(4-6-13)16-10-7-14(11-16)15-8-1-2-9-15;/h3-6,14H,1-2,7-11H2;1H. The first-order valence-electron chi connectivity index (χ1n) is 7.08. The number of rotatable bonds is 3. The van der Waals surface area contributed by atoms with E-state index in [1.807, 2.05) is 12.1 Å². The van der Waals surface area contributed by atoms with Crippen LogP contribution in [0, 0.1) is 10.1 Å². The Kier molecular flexibility index (Phi) is 4.83. The first-order chi connectivity index (χ1) is 9.24. The van der Waals surface area contributed by atoms with Crippen molar-refractivity contribution in [2.75, 3.05) is 31.1 Å². The Morgan fingerprint density at radius 2 is 1.85 bits per heavy atom. The molecule has 0 saturated carbocycles. The SMILES string of the molecule is O=[N+]([O-])c1ccc(N2CCC([NH+]3CCCC3)C2)cc1.[Cl-]. The van der Waals surface area contributed by atoms with E-state index in [0.717, 1.165) is 24.8 Å². The molecule has 20 heavy (non-hydrogen) atoms. The molecule has 2 saturated heterocycles. The number of likely N-dealkylation sites (tertiary alicyclic amines) is 1. The molecule has 2 fully saturated rings. The van der Waals surface area contributed by atoms with Crippen molar-refractivity contribution < 1.29 is 22.2 Å². The smallest absolute Gasteiger partial charge is 0.269 e. The molecule has 3 rings (SSSR count). The first-order valence-corrected chi connectivity index (χ1v) is 7.08. The molecule has 0 amide bonds. The number of hydrogen-bond donors (Lipinski definition) is 1. The quantitative estimate of drug-likeness (QED) is 0.512. The number of nitrogens with zero attached hydrogens (tertiary/aromatic N) is 2. The zero-order valence-corrected chi connectivity index (χ0v) is 12.2. The summed E-state index contributed by atoms with van der Waals surface area (Å²) in [6.45, 7) is 4.80. The molecule has 0 bridgehead atoms. The lowest BCUT2D eigenvalue weighted by molar-refractivity contribution is -0.910. The Balaban J connectivity index is 0.00000147. The van der Waals surface area contributed by atoms with Crippen molar-refractivity contribution in [2.45, 2.75) is 25.3 Å². The van der Waals surface area contributed by atoms with Crippen LogP contribution in [0.15, 0.2) is 24.3 Å². The zero-order valence-electron chi connectivity index (χ0n) is 11.4. The van der Waals surface area contributed by atoms with Gasteiger partial charge in [-0.2, -0.15) is 0 Å². The second-order valence-corrected chi connectivity index (χ2v) is 5.57. The van der Waals surface area contributed by atoms with Gasteiger partial charge in [-0.25, -0.2) is 0 Å². The average Bonchev–Trinajstić information content (AvgIpc) is 3.10. The minimum atomic E-state index is -0.342. The molecule has 1 unspecified atom stereocenters. The number of non-ortho nitro benzene ring substituents is 1. The topological polar surface area (TPSA) is 50.8 Å². The van der Waals surface area contributed by atoms with Crippen LogP contribution < -0.4 is 22.2 Å². The van der Waals surface area contributed by atoms with Gasteiger partial charge in [-0.15, -0.1) is 0 Å². The number of halogens is 1. The van der Waals surface area contributed by atoms with Crippen molar-refractivity contribution in [2.24, 2.45) is 0 Å². The Labute approximate surface area is 125 Å². The molecule has 1 aromatic rings. The lowest BCUT2D eigenvalue weighted by Crippen LogP contribution is -3.14. The monoisotopic (exact) mass is 297 g/mol. The highest BCUT2D eigenvalue weighted by Gasteiger charge is 2.32. The molecule has 0 aliphatic carbocycles. The van der Waals surface area contributed by atoms with Crippen LogP contribution in [0.2, 0.25) is 0 Å². The minimum Gasteiger partial charge on any atom is -1.00 e. The molecule has 1 aromatic carbocycles. The summed E-state index contributed by atoms with van der Waals surface area (Å²) in [6, 6.07) is 7.70. The molecule has 1 atom stereocenters. The largest absolute Gasteiger partial charge is 1.00 e. The predicted molar refractivity (Wildman–Crippen MR) is 73.6 cm³/mol. The molecule has 2 aliphatic rings. The fourth-order valence-electron chi connectivity index (χ4n) is 3.35. The molecule has 2 aliphatic heterocycles. The van der Waals surface area contributed by atoms with Gasteiger partial charge in [0, 0.05) is 43.6 Å². The molecular formula is C14H20ClN3O2. The molecular weight excluding hydrogens is 278 g/mol. The first kappa shape index (κ1) is 15.1. The lowest BCUT2D eigenvalue weighted by atomic mass is 10.2. The Morgan fingerprint density at radius 1 is 1.20 bits per heavy atom. The van der Waals surface area contributed by atoms with E-state index in [1.54, 1.807) is 17.0 Å². The van der Waals surface area contributed by atoms with Crippen LogP contribution in [0.5, 0.6) is 0 Å². The number of nitrogens with one attached hydrogen (secondary N) is 1. The van der Waals surface area contributed by atoms with Crippen LogP contribution >= 0.6 is 0 Å². The third-order valence-corrected chi connectivity index (χ3v) is 4.44. The molecule has 0 aromatic heterocycles. The number of quaternary nitrogens is 1. The maximum absolute atomic E-state index is 10.6. The highest BCUT2D eigenvalue weighted by molar-refractivity contribution is 5.51. The Hall–Kier alpha value is -1.33. The number of anilines is 1. The molecule has 0 spiro atoms. The van der Waals surface area contributed by atoms with Crippen LogP contribution in [0.4, 0.5) is 11.4 Å². The summed E-state index contributed by atoms with van der Waals surface area (Å²) >= 11 is 0. The van der Waals surface area contributed by atoms with Gasteiger partial charge in [0.25, 0.3) is 5.69 Å². The maximum Gasteiger partial charge on any atom is 0.269 e. The summed E-state index contributed by atoms with van der Waals surface area (Å²) in [4.78, 5) is 14.4. The molecule has 5 nitrogen and oxygen atoms in total. The summed E-state index contributed by atoms with van der Waals surface area (Å²) < 4.78 is 0. The van der Waals surface area contributed by atoms with E-state index in [9.17, 15) is 10.1 Å². The fraction of sp³-hybridized carbons (Fsp3) is 0.571. The Bertz CT molecular complexity index is 460. The zero-order chi connectivity index (χ0) is 13.2. The number of benzene rings is 1. The van der Waals surface area contributed by atoms with Gasteiger partial charge >= 0.3 is 0 Å². The highest BCUT2D eigenvalue weighted by Crippen LogP contribution is 2.22. The van der Waals surface area contributed by atoms with Crippen LogP contribution in [0.3, 0.4) is 0 Å². The van der Waals surface area contributed by atoms with E-state index in [-0.39, 0.29) is 23.0 Å². The summed E-state index contributed by atoms with van der Waals surface area (Å²) in [7, 11) is 0. The molecule has 110 valence electrons. The molecule has 0 radical (unpaired) electrons. The van der Waals surface area contributed by atoms with Gasteiger partial charge in [0.1, 0.15) is 6.04 Å². The van der Waals surface area contributed by atoms with E-state index in [2.05, 4.69) is 4.90 Å². The van der Waals surface area contributed by atoms with E-state index in [4.69, 9.17) is 0 Å². The number of nitro benzene ring substituents is 1. The van der Waals surface area contributed by atoms with Crippen molar-refractivity contribution in [3.05, 3.63) is 34.4 Å². The van der Waals surface area contributed by atoms with Gasteiger partial charge < -0.3 is 22.2 Å². The Morgan fingerprint density at radius 3 is 2.45 bits per heavy atom. The van der Waals surface area contributed by atoms with Crippen molar-refractivity contribution in [1.82, 2.24) is 0 Å². The molecule has 6 heteroatoms. The second-order valence-electron chi connectivity index (χ2n) is 5.57. The summed E-state index contributed by atoms with van der Waals surface area (Å²) in [5.74, 6) is 0. The molecule has 2 heterocycles. The van der Waals surface area contributed by atoms with Gasteiger partial charge in [0.15, 0.2) is 0 Å². The van der Waals surface area contributed by atoms with Gasteiger partial charge in [-0.1, -0.05) is 0 Å². The average molecular weight is 298 g/mol. The van der Waals surface area contributed by atoms with Crippen LogP contribution in [-0.4, -0.2) is 37.1 Å². The second kappa shape index (κ2) is 6.41. The number of nitro groups is 1. The lowest BCUT2D eigenvalue weighted by Gasteiger charge is -2.22. The summed E-state index contributed by atoms with van der Waals surface area (Å²) in [6.07, 6.45) is 3.97. The van der Waals surface area contributed by atoms with E-state index in [1.165, 1.54) is 32.4 Å². The van der Waals surface area contributed by atoms with Crippen LogP contribution in [-0.2, 0) is 0 Å². The highest BCUT2D eigenvalue weighted by atomic mass is 35.5. The van der Waals surface area contributed by atoms with E-state index < -0.39 is 0 Å². The third kappa shape index (κ3) is 3.04. The van der Waals surface area contributed by atoms with Crippen LogP contribution in [0.25, 0.3) is 0 Å². The van der Waals surface area contributed by atoms with Gasteiger partial charge in [0.2, 0.25) is 0 Å². The van der Waals surface area contributed by atoms with Gasteiger partial charge in [-0.3, -0.25) is 10.1 Å². The predicted octanol–water partition coefficient (Wildman–Crippen LogP) is -2.14. The van der Waals surface area contributed by atoms with E-state index >= 15 is 0 Å². The minimum absolute atomic E-state index is 0. The normalized spacial score (nSPS) is 22.8. The maximum atomic E-state index is 10.6. The summed E-state index contributed by atoms with van der Waals surface area (Å²) in [5.41, 5.74) is 1.29. The van der Waals surface area contributed by atoms with E-state index in [0.29, 0.717) is 0 Å². The van der Waals surface area contributed by atoms with Gasteiger partial charge in [0.05, 0.1) is 24.6 Å². The summed E-state index contributed by atoms with van der Waals surface area (Å²) in [5, 5.41) is 10.6. The van der Waals surface area contributed by atoms with Crippen LogP contribution in [0.1, 0.15) is 19.3 Å². The van der Waals surface area contributed by atoms with Crippen molar-refractivity contribution in [1.29, 1.82) is 0 Å². The molecule has 1 N–H and O–H groups in total. The van der Waals surface area contributed by atoms with Crippen molar-refractivity contribution in [3.63, 3.8) is 0 Å². The van der Waals surface area contributed by atoms with Gasteiger partial charge in [-0.05, 0) is 12.1 Å². The van der Waals surface area contributed by atoms with Crippen molar-refractivity contribution >= 4 is 11.4 Å².